The van der Waals surface area contributed by atoms with Gasteiger partial charge in [-0.05, 0) is 61.7 Å². The van der Waals surface area contributed by atoms with Gasteiger partial charge in [-0.2, -0.15) is 0 Å². The van der Waals surface area contributed by atoms with Gasteiger partial charge in [0, 0.05) is 32.1 Å². The summed E-state index contributed by atoms with van der Waals surface area (Å²) in [6.07, 6.45) is 4.75. The number of nitrogens with zero attached hydrogens (tertiary/aromatic N) is 1. The van der Waals surface area contributed by atoms with E-state index in [-0.39, 0.29) is 0 Å². The van der Waals surface area contributed by atoms with Crippen LogP contribution in [0.2, 0.25) is 0 Å². The summed E-state index contributed by atoms with van der Waals surface area (Å²) in [5.41, 5.74) is 2.93. The summed E-state index contributed by atoms with van der Waals surface area (Å²) in [4.78, 5) is 14.8. The minimum absolute atomic E-state index is 0.301. The summed E-state index contributed by atoms with van der Waals surface area (Å²) in [5.74, 6) is 2.04. The largest absolute Gasteiger partial charge is 0.355 e. The van der Waals surface area contributed by atoms with Crippen molar-refractivity contribution in [3.05, 3.63) is 35.4 Å². The van der Waals surface area contributed by atoms with Crippen LogP contribution in [0.25, 0.3) is 0 Å². The quantitative estimate of drug-likeness (QED) is 0.867. The fourth-order valence-corrected chi connectivity index (χ4v) is 4.52. The summed E-state index contributed by atoms with van der Waals surface area (Å²) < 4.78 is 0. The number of fused-ring (bicyclic) bond motifs is 1. The molecule has 0 aromatic heterocycles. The number of piperidine rings is 1. The van der Waals surface area contributed by atoms with Gasteiger partial charge in [0.05, 0.1) is 0 Å². The molecule has 0 radical (unpaired) electrons. The molecule has 0 spiro atoms. The van der Waals surface area contributed by atoms with Crippen LogP contribution in [0.3, 0.4) is 0 Å². The molecular weight excluding hydrogens is 298 g/mol. The van der Waals surface area contributed by atoms with Crippen LogP contribution in [0.5, 0.6) is 0 Å². The smallest absolute Gasteiger partial charge is 0.223 e. The van der Waals surface area contributed by atoms with Crippen LogP contribution in [-0.2, 0) is 17.8 Å². The van der Waals surface area contributed by atoms with E-state index in [1.165, 1.54) is 24.0 Å². The molecule has 24 heavy (non-hydrogen) atoms. The fourth-order valence-electron chi connectivity index (χ4n) is 4.52. The van der Waals surface area contributed by atoms with Gasteiger partial charge in [-0.1, -0.05) is 24.3 Å². The first-order valence-corrected chi connectivity index (χ1v) is 9.59. The van der Waals surface area contributed by atoms with Crippen molar-refractivity contribution in [3.63, 3.8) is 0 Å². The van der Waals surface area contributed by atoms with Crippen molar-refractivity contribution in [3.8, 4) is 0 Å². The van der Waals surface area contributed by atoms with E-state index in [0.717, 1.165) is 58.0 Å². The third-order valence-corrected chi connectivity index (χ3v) is 6.10. The Kier molecular flexibility index (Phi) is 4.86. The van der Waals surface area contributed by atoms with Gasteiger partial charge in [0.15, 0.2) is 0 Å². The number of hydrogen-bond donors (Lipinski definition) is 2. The number of carbonyl (C=O) groups is 1. The van der Waals surface area contributed by atoms with Crippen LogP contribution in [-0.4, -0.2) is 43.5 Å². The van der Waals surface area contributed by atoms with Gasteiger partial charge in [-0.15, -0.1) is 0 Å². The molecule has 2 aliphatic heterocycles. The second-order valence-electron chi connectivity index (χ2n) is 7.68. The lowest BCUT2D eigenvalue weighted by Gasteiger charge is -2.28. The third kappa shape index (κ3) is 3.65. The Balaban J connectivity index is 1.18. The summed E-state index contributed by atoms with van der Waals surface area (Å²) in [6, 6.07) is 8.72. The summed E-state index contributed by atoms with van der Waals surface area (Å²) in [7, 11) is 0. The van der Waals surface area contributed by atoms with E-state index in [9.17, 15) is 4.79 Å². The summed E-state index contributed by atoms with van der Waals surface area (Å²) in [6.45, 7) is 6.14. The first kappa shape index (κ1) is 16.1. The molecule has 0 unspecified atom stereocenters. The van der Waals surface area contributed by atoms with Crippen molar-refractivity contribution in [2.45, 2.75) is 32.2 Å². The van der Waals surface area contributed by atoms with Gasteiger partial charge < -0.3 is 10.6 Å². The highest BCUT2D eigenvalue weighted by molar-refractivity contribution is 5.81. The van der Waals surface area contributed by atoms with E-state index in [1.807, 2.05) is 0 Å². The second-order valence-corrected chi connectivity index (χ2v) is 7.68. The average molecular weight is 327 g/mol. The number of hydrogen-bond acceptors (Lipinski definition) is 3. The van der Waals surface area contributed by atoms with E-state index in [4.69, 9.17) is 0 Å². The van der Waals surface area contributed by atoms with Gasteiger partial charge in [-0.25, -0.2) is 0 Å². The Hall–Kier alpha value is -1.39. The van der Waals surface area contributed by atoms with Crippen LogP contribution in [0.15, 0.2) is 24.3 Å². The maximum absolute atomic E-state index is 12.4. The summed E-state index contributed by atoms with van der Waals surface area (Å²) in [5, 5.41) is 6.60. The lowest BCUT2D eigenvalue weighted by Crippen LogP contribution is -2.38. The average Bonchev–Trinajstić information content (AvgIpc) is 3.43. The minimum atomic E-state index is 0.301. The highest BCUT2D eigenvalue weighted by Crippen LogP contribution is 2.47. The van der Waals surface area contributed by atoms with Gasteiger partial charge >= 0.3 is 0 Å². The van der Waals surface area contributed by atoms with Crippen LogP contribution in [0.4, 0.5) is 0 Å². The molecule has 130 valence electrons. The predicted molar refractivity (Wildman–Crippen MR) is 95.6 cm³/mol. The van der Waals surface area contributed by atoms with Crippen molar-refractivity contribution in [1.29, 1.82) is 0 Å². The maximum Gasteiger partial charge on any atom is 0.223 e. The number of nitrogens with one attached hydrogen (secondary N) is 2. The number of amides is 1. The van der Waals surface area contributed by atoms with Crippen LogP contribution in [0, 0.1) is 17.8 Å². The molecule has 2 atom stereocenters. The van der Waals surface area contributed by atoms with Crippen LogP contribution < -0.4 is 10.6 Å². The van der Waals surface area contributed by atoms with Crippen molar-refractivity contribution in [2.24, 2.45) is 17.8 Å². The summed E-state index contributed by atoms with van der Waals surface area (Å²) >= 11 is 0. The number of rotatable bonds is 5. The number of benzene rings is 1. The van der Waals surface area contributed by atoms with E-state index < -0.39 is 0 Å². The molecular formula is C20H29N3O. The Morgan fingerprint density at radius 1 is 1.21 bits per heavy atom. The van der Waals surface area contributed by atoms with Gasteiger partial charge in [-0.3, -0.25) is 9.69 Å². The molecule has 1 saturated heterocycles. The molecule has 2 N–H and O–H groups in total. The van der Waals surface area contributed by atoms with Crippen LogP contribution >= 0.6 is 0 Å². The minimum Gasteiger partial charge on any atom is -0.355 e. The van der Waals surface area contributed by atoms with E-state index in [1.54, 1.807) is 0 Å². The van der Waals surface area contributed by atoms with Crippen molar-refractivity contribution in [1.82, 2.24) is 15.5 Å². The second kappa shape index (κ2) is 7.24. The Bertz CT molecular complexity index is 582. The molecule has 0 bridgehead atoms. The predicted octanol–water partition coefficient (Wildman–Crippen LogP) is 1.80. The molecule has 4 nitrogen and oxygen atoms in total. The highest BCUT2D eigenvalue weighted by atomic mass is 16.2. The lowest BCUT2D eigenvalue weighted by atomic mass is 9.92. The van der Waals surface area contributed by atoms with Crippen molar-refractivity contribution >= 4 is 5.91 Å². The maximum atomic E-state index is 12.4. The Labute approximate surface area is 145 Å². The van der Waals surface area contributed by atoms with Crippen LogP contribution in [0.1, 0.15) is 30.4 Å². The molecule has 1 amide bonds. The topological polar surface area (TPSA) is 44.4 Å². The zero-order valence-electron chi connectivity index (χ0n) is 14.5. The van der Waals surface area contributed by atoms with Gasteiger partial charge in [0.25, 0.3) is 0 Å². The molecule has 1 aliphatic carbocycles. The zero-order chi connectivity index (χ0) is 16.4. The number of carbonyl (C=O) groups excluding carboxylic acids is 1. The first-order chi connectivity index (χ1) is 11.8. The monoisotopic (exact) mass is 327 g/mol. The van der Waals surface area contributed by atoms with E-state index in [2.05, 4.69) is 39.8 Å². The molecule has 1 saturated carbocycles. The molecule has 4 heteroatoms. The molecule has 4 rings (SSSR count). The molecule has 2 fully saturated rings. The SMILES string of the molecule is O=C(NCCN1CCc2ccccc2C1)[C@@H]1C[C@H]1C1CCNCC1. The Morgan fingerprint density at radius 2 is 2.00 bits per heavy atom. The zero-order valence-corrected chi connectivity index (χ0v) is 14.5. The van der Waals surface area contributed by atoms with E-state index >= 15 is 0 Å². The molecule has 2 heterocycles. The molecule has 1 aromatic rings. The molecule has 3 aliphatic rings. The van der Waals surface area contributed by atoms with Crippen molar-refractivity contribution in [2.75, 3.05) is 32.7 Å². The van der Waals surface area contributed by atoms with Crippen molar-refractivity contribution < 1.29 is 4.79 Å². The fraction of sp³-hybridized carbons (Fsp3) is 0.650. The third-order valence-electron chi connectivity index (χ3n) is 6.10. The van der Waals surface area contributed by atoms with Gasteiger partial charge in [0.2, 0.25) is 5.91 Å². The Morgan fingerprint density at radius 3 is 2.83 bits per heavy atom. The van der Waals surface area contributed by atoms with Gasteiger partial charge in [0.1, 0.15) is 0 Å². The highest BCUT2D eigenvalue weighted by Gasteiger charge is 2.47. The first-order valence-electron chi connectivity index (χ1n) is 9.59. The molecule has 1 aromatic carbocycles. The van der Waals surface area contributed by atoms with E-state index in [0.29, 0.717) is 17.7 Å². The normalized spacial score (nSPS) is 27.5. The lowest BCUT2D eigenvalue weighted by molar-refractivity contribution is -0.122. The standard InChI is InChI=1S/C20H29N3O/c24-20(19-13-18(19)16-5-8-21-9-6-16)22-10-12-23-11-7-15-3-1-2-4-17(15)14-23/h1-4,16,18-19,21H,5-14H2,(H,22,24)/t18-,19+/m0/s1.